The fraction of sp³-hybridized carbons (Fsp3) is 0.400. The molecule has 2 N–H and O–H groups in total. The summed E-state index contributed by atoms with van der Waals surface area (Å²) in [4.78, 5) is 30.7. The Balaban J connectivity index is 1.51. The van der Waals surface area contributed by atoms with Gasteiger partial charge in [-0.05, 0) is 62.5 Å². The molecule has 1 saturated heterocycles. The summed E-state index contributed by atoms with van der Waals surface area (Å²) in [5, 5.41) is 10.4. The first-order valence-electron chi connectivity index (χ1n) is 16.5. The van der Waals surface area contributed by atoms with E-state index in [2.05, 4.69) is 32.6 Å². The minimum absolute atomic E-state index is 0.0518. The van der Waals surface area contributed by atoms with Gasteiger partial charge in [-0.25, -0.2) is 22.0 Å². The summed E-state index contributed by atoms with van der Waals surface area (Å²) in [5.74, 6) is -2.91. The molecular formula is C35H42F2N6O8S. The number of sulfone groups is 1. The molecule has 17 heteroatoms. The van der Waals surface area contributed by atoms with E-state index in [0.29, 0.717) is 43.7 Å². The lowest BCUT2D eigenvalue weighted by molar-refractivity contribution is 0.0420. The fourth-order valence-electron chi connectivity index (χ4n) is 5.65. The second-order valence-electron chi connectivity index (χ2n) is 12.2. The van der Waals surface area contributed by atoms with Crippen LogP contribution in [0.4, 0.5) is 30.8 Å². The molecule has 0 aliphatic carbocycles. The number of hydrogen-bond acceptors (Lipinski definition) is 12. The fourth-order valence-corrected chi connectivity index (χ4v) is 6.98. The summed E-state index contributed by atoms with van der Waals surface area (Å²) >= 11 is 0. The Morgan fingerprint density at radius 2 is 1.60 bits per heavy atom. The summed E-state index contributed by atoms with van der Waals surface area (Å²) in [6.07, 6.45) is -0.920. The van der Waals surface area contributed by atoms with Crippen LogP contribution in [-0.2, 0) is 28.8 Å². The number of anilines is 3. The zero-order valence-electron chi connectivity index (χ0n) is 29.4. The van der Waals surface area contributed by atoms with Crippen molar-refractivity contribution in [2.45, 2.75) is 22.8 Å². The summed E-state index contributed by atoms with van der Waals surface area (Å²) in [6.45, 7) is 6.25. The predicted molar refractivity (Wildman–Crippen MR) is 190 cm³/mol. The van der Waals surface area contributed by atoms with Crippen LogP contribution in [0.1, 0.15) is 17.3 Å². The van der Waals surface area contributed by atoms with E-state index in [9.17, 15) is 26.8 Å². The van der Waals surface area contributed by atoms with Crippen molar-refractivity contribution in [2.24, 2.45) is 0 Å². The number of likely N-dealkylation sites (N-methyl/N-ethyl adjacent to an activating group) is 1. The van der Waals surface area contributed by atoms with Crippen LogP contribution in [0.15, 0.2) is 64.4 Å². The molecule has 2 heterocycles. The van der Waals surface area contributed by atoms with Crippen LogP contribution in [-0.4, -0.2) is 122 Å². The molecule has 1 aliphatic heterocycles. The van der Waals surface area contributed by atoms with Crippen LogP contribution in [0.25, 0.3) is 10.9 Å². The molecule has 0 radical (unpaired) electrons. The topological polar surface area (TPSA) is 154 Å². The molecule has 3 aromatic carbocycles. The Kier molecular flexibility index (Phi) is 12.8. The zero-order chi connectivity index (χ0) is 37.4. The maximum atomic E-state index is 14.0. The minimum Gasteiger partial charge on any atom is -0.445 e. The number of halogens is 2. The third-order valence-corrected chi connectivity index (χ3v) is 10.1. The van der Waals surface area contributed by atoms with E-state index in [1.807, 2.05) is 19.1 Å². The molecule has 14 nitrogen and oxygen atoms in total. The normalized spacial score (nSPS) is 14.4. The van der Waals surface area contributed by atoms with Crippen molar-refractivity contribution in [3.8, 4) is 0 Å². The minimum atomic E-state index is -4.46. The highest BCUT2D eigenvalue weighted by molar-refractivity contribution is 7.91. The van der Waals surface area contributed by atoms with Crippen molar-refractivity contribution < 1.29 is 45.7 Å². The standard InChI is InChI=1S/C35H42F2N6O8S/c1-23(22-49-4)38-31-20-26(42-11-9-41(2)10-12-42)5-7-29(31)34(44)39-33-30-21-27(52(46,47)28-18-24(36)17-25(37)19-28)6-8-32(30)43(40-33)35(45)51-16-15-50-14-13-48-3/h5-8,17-21,23,38H,9-16,22H2,1-4H3,(H,39,40,44)/t23-/m0/s1. The third kappa shape index (κ3) is 9.21. The number of piperazine rings is 1. The largest absolute Gasteiger partial charge is 0.445 e. The van der Waals surface area contributed by atoms with Gasteiger partial charge in [-0.15, -0.1) is 5.10 Å². The average molecular weight is 745 g/mol. The Morgan fingerprint density at radius 3 is 2.29 bits per heavy atom. The maximum Gasteiger partial charge on any atom is 0.435 e. The summed E-state index contributed by atoms with van der Waals surface area (Å²) in [6, 6.07) is 10.8. The van der Waals surface area contributed by atoms with Gasteiger partial charge in [-0.2, -0.15) is 4.68 Å². The highest BCUT2D eigenvalue weighted by Crippen LogP contribution is 2.32. The number of benzene rings is 3. The molecule has 5 rings (SSSR count). The van der Waals surface area contributed by atoms with E-state index >= 15 is 0 Å². The summed E-state index contributed by atoms with van der Waals surface area (Å²) in [5.41, 5.74) is 1.79. The van der Waals surface area contributed by atoms with Gasteiger partial charge in [0.25, 0.3) is 5.91 Å². The van der Waals surface area contributed by atoms with Crippen LogP contribution < -0.4 is 15.5 Å². The van der Waals surface area contributed by atoms with E-state index in [1.165, 1.54) is 25.3 Å². The third-order valence-electron chi connectivity index (χ3n) is 8.33. The number of nitrogens with one attached hydrogen (secondary N) is 2. The molecule has 1 aromatic heterocycles. The number of amides is 1. The number of methoxy groups -OCH3 is 2. The molecular weight excluding hydrogens is 702 g/mol. The Labute approximate surface area is 300 Å². The van der Waals surface area contributed by atoms with E-state index in [-0.39, 0.29) is 46.4 Å². The van der Waals surface area contributed by atoms with Gasteiger partial charge in [0, 0.05) is 69.3 Å². The molecule has 1 fully saturated rings. The maximum absolute atomic E-state index is 14.0. The van der Waals surface area contributed by atoms with Crippen LogP contribution in [0.3, 0.4) is 0 Å². The number of carbonyl (C=O) groups excluding carboxylic acids is 2. The monoisotopic (exact) mass is 744 g/mol. The lowest BCUT2D eigenvalue weighted by Gasteiger charge is -2.34. The molecule has 1 atom stereocenters. The number of ether oxygens (including phenoxy) is 4. The van der Waals surface area contributed by atoms with Gasteiger partial charge in [0.2, 0.25) is 9.84 Å². The number of nitrogens with zero attached hydrogens (tertiary/aromatic N) is 4. The van der Waals surface area contributed by atoms with Crippen LogP contribution >= 0.6 is 0 Å². The van der Waals surface area contributed by atoms with Crippen molar-refractivity contribution >= 4 is 49.9 Å². The summed E-state index contributed by atoms with van der Waals surface area (Å²) < 4.78 is 76.9. The molecule has 0 spiro atoms. The Hall–Kier alpha value is -4.68. The zero-order valence-corrected chi connectivity index (χ0v) is 30.2. The number of rotatable bonds is 15. The SMILES string of the molecule is COCCOCCOC(=O)n1nc(NC(=O)c2ccc(N3CCN(C)CC3)cc2N[C@@H](C)COC)c2cc(S(=O)(=O)c3cc(F)cc(F)c3)ccc21. The quantitative estimate of drug-likeness (QED) is 0.168. The van der Waals surface area contributed by atoms with Gasteiger partial charge in [-0.3, -0.25) is 4.79 Å². The summed E-state index contributed by atoms with van der Waals surface area (Å²) in [7, 11) is 0.709. The molecule has 52 heavy (non-hydrogen) atoms. The van der Waals surface area contributed by atoms with Crippen molar-refractivity contribution in [3.63, 3.8) is 0 Å². The Bertz CT molecular complexity index is 1980. The lowest BCUT2D eigenvalue weighted by atomic mass is 10.1. The van der Waals surface area contributed by atoms with Crippen LogP contribution in [0, 0.1) is 11.6 Å². The predicted octanol–water partition coefficient (Wildman–Crippen LogP) is 4.25. The van der Waals surface area contributed by atoms with Crippen LogP contribution in [0.2, 0.25) is 0 Å². The highest BCUT2D eigenvalue weighted by Gasteiger charge is 2.26. The average Bonchev–Trinajstić information content (AvgIpc) is 3.47. The van der Waals surface area contributed by atoms with Crippen molar-refractivity contribution in [3.05, 3.63) is 71.8 Å². The number of hydrogen-bond donors (Lipinski definition) is 2. The molecule has 280 valence electrons. The van der Waals surface area contributed by atoms with Gasteiger partial charge in [-0.1, -0.05) is 0 Å². The first-order valence-corrected chi connectivity index (χ1v) is 18.0. The van der Waals surface area contributed by atoms with Gasteiger partial charge >= 0.3 is 6.09 Å². The van der Waals surface area contributed by atoms with Gasteiger partial charge in [0.1, 0.15) is 18.2 Å². The second kappa shape index (κ2) is 17.2. The number of carbonyl (C=O) groups is 2. The number of fused-ring (bicyclic) bond motifs is 1. The molecule has 4 aromatic rings. The van der Waals surface area contributed by atoms with Gasteiger partial charge in [0.15, 0.2) is 5.82 Å². The Morgan fingerprint density at radius 1 is 0.885 bits per heavy atom. The molecule has 0 saturated carbocycles. The first kappa shape index (κ1) is 38.5. The first-order chi connectivity index (χ1) is 24.9. The van der Waals surface area contributed by atoms with Crippen molar-refractivity contribution in [1.29, 1.82) is 0 Å². The van der Waals surface area contributed by atoms with Crippen molar-refractivity contribution in [2.75, 3.05) is 96.0 Å². The van der Waals surface area contributed by atoms with Gasteiger partial charge in [0.05, 0.1) is 47.3 Å². The van der Waals surface area contributed by atoms with Gasteiger partial charge < -0.3 is 39.4 Å². The van der Waals surface area contributed by atoms with E-state index in [1.54, 1.807) is 13.2 Å². The molecule has 1 aliphatic rings. The van der Waals surface area contributed by atoms with Crippen LogP contribution in [0.5, 0.6) is 0 Å². The lowest BCUT2D eigenvalue weighted by Crippen LogP contribution is -2.44. The van der Waals surface area contributed by atoms with E-state index in [0.717, 1.165) is 36.5 Å². The van der Waals surface area contributed by atoms with E-state index in [4.69, 9.17) is 18.9 Å². The molecule has 0 unspecified atom stereocenters. The number of aromatic nitrogens is 2. The molecule has 0 bridgehead atoms. The second-order valence-corrected chi connectivity index (χ2v) is 14.2. The van der Waals surface area contributed by atoms with Crippen molar-refractivity contribution in [1.82, 2.24) is 14.7 Å². The van der Waals surface area contributed by atoms with E-state index < -0.39 is 38.4 Å². The smallest absolute Gasteiger partial charge is 0.435 e. The molecule has 1 amide bonds. The highest BCUT2D eigenvalue weighted by atomic mass is 32.2.